The topological polar surface area (TPSA) is 92.5 Å². The fraction of sp³-hybridized carbons (Fsp3) is 0.667. The number of aliphatic carboxylic acids is 1. The second-order valence-corrected chi connectivity index (χ2v) is 7.91. The second kappa shape index (κ2) is 5.94. The first-order valence-corrected chi connectivity index (χ1v) is 8.74. The van der Waals surface area contributed by atoms with Gasteiger partial charge in [0.1, 0.15) is 0 Å². The summed E-state index contributed by atoms with van der Waals surface area (Å²) >= 11 is 6.20. The second-order valence-electron chi connectivity index (χ2n) is 5.31. The highest BCUT2D eigenvalue weighted by Crippen LogP contribution is 2.24. The van der Waals surface area contributed by atoms with Gasteiger partial charge in [0.2, 0.25) is 0 Å². The summed E-state index contributed by atoms with van der Waals surface area (Å²) in [5.74, 6) is -1.10. The van der Waals surface area contributed by atoms with Gasteiger partial charge in [-0.1, -0.05) is 11.6 Å². The van der Waals surface area contributed by atoms with E-state index >= 15 is 0 Å². The highest BCUT2D eigenvalue weighted by atomic mass is 35.5. The van der Waals surface area contributed by atoms with Crippen molar-refractivity contribution in [2.45, 2.75) is 25.9 Å². The third-order valence-corrected chi connectivity index (χ3v) is 5.87. The molecule has 118 valence electrons. The molecule has 0 saturated carbocycles. The van der Waals surface area contributed by atoms with Crippen LogP contribution >= 0.6 is 11.6 Å². The van der Waals surface area contributed by atoms with Crippen molar-refractivity contribution >= 4 is 27.4 Å². The average molecular weight is 336 g/mol. The van der Waals surface area contributed by atoms with E-state index in [1.54, 1.807) is 18.7 Å². The molecule has 0 bridgehead atoms. The Morgan fingerprint density at radius 1 is 1.52 bits per heavy atom. The molecule has 1 aromatic heterocycles. The monoisotopic (exact) mass is 335 g/mol. The van der Waals surface area contributed by atoms with Gasteiger partial charge in [-0.15, -0.1) is 0 Å². The lowest BCUT2D eigenvalue weighted by Gasteiger charge is -2.34. The Morgan fingerprint density at radius 3 is 2.71 bits per heavy atom. The summed E-state index contributed by atoms with van der Waals surface area (Å²) in [6.45, 7) is 2.49. The number of carboxylic acid groups (broad SMARTS) is 1. The van der Waals surface area contributed by atoms with E-state index in [4.69, 9.17) is 16.7 Å². The molecule has 1 fully saturated rings. The Morgan fingerprint density at radius 2 is 2.19 bits per heavy atom. The van der Waals surface area contributed by atoms with Crippen LogP contribution in [0.25, 0.3) is 0 Å². The number of rotatable bonds is 4. The van der Waals surface area contributed by atoms with Crippen LogP contribution < -0.4 is 0 Å². The first-order chi connectivity index (χ1) is 9.69. The Bertz CT molecular complexity index is 656. The number of carbonyl (C=O) groups is 1. The minimum absolute atomic E-state index is 0.0393. The van der Waals surface area contributed by atoms with Crippen LogP contribution in [-0.2, 0) is 28.2 Å². The van der Waals surface area contributed by atoms with Gasteiger partial charge in [-0.05, 0) is 6.92 Å². The Kier molecular flexibility index (Phi) is 4.60. The van der Waals surface area contributed by atoms with E-state index in [9.17, 15) is 13.2 Å². The van der Waals surface area contributed by atoms with Gasteiger partial charge >= 0.3 is 5.97 Å². The zero-order valence-corrected chi connectivity index (χ0v) is 13.5. The van der Waals surface area contributed by atoms with Crippen LogP contribution in [0.1, 0.15) is 17.8 Å². The van der Waals surface area contributed by atoms with Crippen LogP contribution in [0.4, 0.5) is 0 Å². The summed E-state index contributed by atoms with van der Waals surface area (Å²) in [5.41, 5.74) is 1.47. The standard InChI is InChI=1S/C12H18ClN3O4S/c1-8-12(13)10(15(2)14-8)6-16-3-4-21(19,20)7-9(16)5-11(17)18/h9H,3-7H2,1-2H3,(H,17,18). The molecule has 0 aliphatic carbocycles. The molecule has 1 aliphatic heterocycles. The fourth-order valence-electron chi connectivity index (χ4n) is 2.56. The summed E-state index contributed by atoms with van der Waals surface area (Å²) in [4.78, 5) is 12.8. The maximum Gasteiger partial charge on any atom is 0.304 e. The summed E-state index contributed by atoms with van der Waals surface area (Å²) in [7, 11) is -1.41. The number of aryl methyl sites for hydroxylation is 2. The molecule has 2 rings (SSSR count). The van der Waals surface area contributed by atoms with Crippen LogP contribution in [0.3, 0.4) is 0 Å². The van der Waals surface area contributed by atoms with Gasteiger partial charge in [0.15, 0.2) is 9.84 Å². The molecular formula is C12H18ClN3O4S. The predicted octanol–water partition coefficient (Wildman–Crippen LogP) is 0.456. The van der Waals surface area contributed by atoms with Gasteiger partial charge in [-0.2, -0.15) is 5.10 Å². The first-order valence-electron chi connectivity index (χ1n) is 6.54. The Balaban J connectivity index is 2.22. The fourth-order valence-corrected chi connectivity index (χ4v) is 4.38. The predicted molar refractivity (Wildman–Crippen MR) is 78.1 cm³/mol. The number of aromatic nitrogens is 2. The maximum atomic E-state index is 11.7. The number of halogens is 1. The Hall–Kier alpha value is -1.12. The van der Waals surface area contributed by atoms with Crippen molar-refractivity contribution in [3.8, 4) is 0 Å². The molecule has 1 N–H and O–H groups in total. The van der Waals surface area contributed by atoms with E-state index in [2.05, 4.69) is 5.10 Å². The van der Waals surface area contributed by atoms with Gasteiger partial charge in [0.05, 0.1) is 34.3 Å². The molecule has 2 heterocycles. The lowest BCUT2D eigenvalue weighted by atomic mass is 10.2. The zero-order valence-electron chi connectivity index (χ0n) is 11.9. The molecule has 0 aromatic carbocycles. The largest absolute Gasteiger partial charge is 0.481 e. The molecule has 1 aromatic rings. The van der Waals surface area contributed by atoms with Crippen molar-refractivity contribution in [1.29, 1.82) is 0 Å². The molecule has 0 spiro atoms. The molecule has 7 nitrogen and oxygen atoms in total. The van der Waals surface area contributed by atoms with Crippen LogP contribution in [0, 0.1) is 6.92 Å². The van der Waals surface area contributed by atoms with Gasteiger partial charge in [-0.25, -0.2) is 8.42 Å². The lowest BCUT2D eigenvalue weighted by Crippen LogP contribution is -2.49. The quantitative estimate of drug-likeness (QED) is 0.859. The summed E-state index contributed by atoms with van der Waals surface area (Å²) in [5, 5.41) is 13.7. The van der Waals surface area contributed by atoms with Crippen LogP contribution in [0.5, 0.6) is 0 Å². The molecule has 1 atom stereocenters. The molecular weight excluding hydrogens is 318 g/mol. The van der Waals surface area contributed by atoms with Gasteiger partial charge in [0.25, 0.3) is 0 Å². The van der Waals surface area contributed by atoms with Crippen LogP contribution in [0.2, 0.25) is 5.02 Å². The molecule has 0 amide bonds. The van der Waals surface area contributed by atoms with E-state index in [0.29, 0.717) is 23.8 Å². The van der Waals surface area contributed by atoms with E-state index < -0.39 is 21.8 Å². The van der Waals surface area contributed by atoms with Gasteiger partial charge in [0, 0.05) is 26.2 Å². The van der Waals surface area contributed by atoms with Crippen molar-refractivity contribution in [3.05, 3.63) is 16.4 Å². The van der Waals surface area contributed by atoms with Gasteiger partial charge < -0.3 is 5.11 Å². The molecule has 1 aliphatic rings. The number of nitrogens with zero attached hydrogens (tertiary/aromatic N) is 3. The zero-order chi connectivity index (χ0) is 15.8. The summed E-state index contributed by atoms with van der Waals surface area (Å²) in [6, 6.07) is -0.535. The third kappa shape index (κ3) is 3.75. The van der Waals surface area contributed by atoms with Crippen molar-refractivity contribution in [2.24, 2.45) is 7.05 Å². The van der Waals surface area contributed by atoms with Crippen molar-refractivity contribution in [3.63, 3.8) is 0 Å². The number of sulfone groups is 1. The highest BCUT2D eigenvalue weighted by Gasteiger charge is 2.33. The van der Waals surface area contributed by atoms with Gasteiger partial charge in [-0.3, -0.25) is 14.4 Å². The minimum Gasteiger partial charge on any atom is -0.481 e. The maximum absolute atomic E-state index is 11.7. The number of hydrogen-bond donors (Lipinski definition) is 1. The number of carboxylic acids is 1. The molecule has 1 unspecified atom stereocenters. The van der Waals surface area contributed by atoms with Crippen LogP contribution in [-0.4, -0.2) is 58.3 Å². The SMILES string of the molecule is Cc1nn(C)c(CN2CCS(=O)(=O)CC2CC(=O)O)c1Cl. The molecule has 21 heavy (non-hydrogen) atoms. The van der Waals surface area contributed by atoms with E-state index in [-0.39, 0.29) is 17.9 Å². The minimum atomic E-state index is -3.18. The summed E-state index contributed by atoms with van der Waals surface area (Å²) in [6.07, 6.45) is -0.201. The average Bonchev–Trinajstić information content (AvgIpc) is 2.57. The Labute approximate surface area is 128 Å². The van der Waals surface area contributed by atoms with Crippen molar-refractivity contribution < 1.29 is 18.3 Å². The normalized spacial score (nSPS) is 22.3. The smallest absolute Gasteiger partial charge is 0.304 e. The van der Waals surface area contributed by atoms with Crippen molar-refractivity contribution in [2.75, 3.05) is 18.1 Å². The van der Waals surface area contributed by atoms with E-state index in [1.807, 2.05) is 4.90 Å². The molecule has 9 heteroatoms. The lowest BCUT2D eigenvalue weighted by molar-refractivity contribution is -0.138. The van der Waals surface area contributed by atoms with Crippen molar-refractivity contribution in [1.82, 2.24) is 14.7 Å². The number of hydrogen-bond acceptors (Lipinski definition) is 5. The van der Waals surface area contributed by atoms with E-state index in [0.717, 1.165) is 5.69 Å². The highest BCUT2D eigenvalue weighted by molar-refractivity contribution is 7.91. The van der Waals surface area contributed by atoms with E-state index in [1.165, 1.54) is 0 Å². The molecule has 1 saturated heterocycles. The first kappa shape index (κ1) is 16.3. The third-order valence-electron chi connectivity index (χ3n) is 3.68. The van der Waals surface area contributed by atoms with Crippen LogP contribution in [0.15, 0.2) is 0 Å². The summed E-state index contributed by atoms with van der Waals surface area (Å²) < 4.78 is 25.1. The molecule has 0 radical (unpaired) electrons.